The zero-order chi connectivity index (χ0) is 16.9. The number of morpholine rings is 1. The summed E-state index contributed by atoms with van der Waals surface area (Å²) < 4.78 is 6.95. The molecule has 2 atom stereocenters. The number of aliphatic hydroxyl groups excluding tert-OH is 1. The Kier molecular flexibility index (Phi) is 6.10. The number of nitrogens with zero attached hydrogens (tertiary/aromatic N) is 4. The van der Waals surface area contributed by atoms with Gasteiger partial charge in [0.15, 0.2) is 0 Å². The second-order valence-corrected chi connectivity index (χ2v) is 7.15. The number of likely N-dealkylation sites (tertiary alicyclic amines) is 1. The predicted octanol–water partition coefficient (Wildman–Crippen LogP) is 0.326. The van der Waals surface area contributed by atoms with Gasteiger partial charge >= 0.3 is 0 Å². The van der Waals surface area contributed by atoms with E-state index in [0.29, 0.717) is 17.5 Å². The van der Waals surface area contributed by atoms with Gasteiger partial charge in [-0.1, -0.05) is 11.6 Å². The zero-order valence-corrected chi connectivity index (χ0v) is 14.6. The lowest BCUT2D eigenvalue weighted by Crippen LogP contribution is -2.50. The quantitative estimate of drug-likeness (QED) is 0.823. The summed E-state index contributed by atoms with van der Waals surface area (Å²) in [6.45, 7) is 6.06. The van der Waals surface area contributed by atoms with Gasteiger partial charge in [-0.3, -0.25) is 14.4 Å². The Labute approximate surface area is 147 Å². The summed E-state index contributed by atoms with van der Waals surface area (Å²) in [7, 11) is 0. The van der Waals surface area contributed by atoms with Crippen LogP contribution in [0.4, 0.5) is 0 Å². The molecule has 0 aliphatic carbocycles. The van der Waals surface area contributed by atoms with Crippen LogP contribution in [-0.4, -0.2) is 83.1 Å². The van der Waals surface area contributed by atoms with E-state index in [0.717, 1.165) is 45.8 Å². The maximum Gasteiger partial charge on any atom is 0.244 e. The maximum atomic E-state index is 12.6. The van der Waals surface area contributed by atoms with Gasteiger partial charge in [-0.05, 0) is 18.3 Å². The number of carbonyl (C=O) groups excluding carboxylic acids is 1. The molecule has 1 N–H and O–H groups in total. The van der Waals surface area contributed by atoms with Crippen LogP contribution >= 0.6 is 11.6 Å². The molecule has 2 saturated heterocycles. The van der Waals surface area contributed by atoms with Gasteiger partial charge < -0.3 is 14.7 Å². The molecular formula is C16H25ClN4O3. The average Bonchev–Trinajstić information content (AvgIpc) is 3.00. The molecule has 0 radical (unpaired) electrons. The van der Waals surface area contributed by atoms with Crippen molar-refractivity contribution >= 4 is 17.5 Å². The number of rotatable bonds is 5. The van der Waals surface area contributed by atoms with Crippen molar-refractivity contribution in [2.24, 2.45) is 11.8 Å². The molecule has 3 rings (SSSR count). The van der Waals surface area contributed by atoms with Gasteiger partial charge in [0.1, 0.15) is 6.54 Å². The predicted molar refractivity (Wildman–Crippen MR) is 89.8 cm³/mol. The van der Waals surface area contributed by atoms with E-state index in [-0.39, 0.29) is 25.0 Å². The standard InChI is InChI=1S/C16H25ClN4O3/c17-15-6-18-21(10-15)11-16(23)20-8-13(5-14(9-20)12-22)7-19-1-3-24-4-2-19/h6,10,13-14,22H,1-5,7-9,11-12H2/t13-,14-/m1/s1. The fourth-order valence-corrected chi connectivity index (χ4v) is 3.76. The molecule has 1 amide bonds. The Hall–Kier alpha value is -1.15. The molecule has 24 heavy (non-hydrogen) atoms. The smallest absolute Gasteiger partial charge is 0.244 e. The molecule has 2 aliphatic rings. The highest BCUT2D eigenvalue weighted by atomic mass is 35.5. The Morgan fingerprint density at radius 1 is 1.33 bits per heavy atom. The highest BCUT2D eigenvalue weighted by molar-refractivity contribution is 6.30. The number of aromatic nitrogens is 2. The Bertz CT molecular complexity index is 547. The van der Waals surface area contributed by atoms with Crippen LogP contribution in [0.3, 0.4) is 0 Å². The minimum Gasteiger partial charge on any atom is -0.396 e. The maximum absolute atomic E-state index is 12.6. The normalized spacial score (nSPS) is 25.8. The minimum atomic E-state index is 0.0277. The van der Waals surface area contributed by atoms with Crippen molar-refractivity contribution in [1.82, 2.24) is 19.6 Å². The van der Waals surface area contributed by atoms with E-state index in [9.17, 15) is 9.90 Å². The molecule has 0 saturated carbocycles. The molecule has 1 aromatic rings. The van der Waals surface area contributed by atoms with E-state index in [2.05, 4.69) is 10.00 Å². The molecule has 0 spiro atoms. The van der Waals surface area contributed by atoms with E-state index < -0.39 is 0 Å². The minimum absolute atomic E-state index is 0.0277. The SMILES string of the molecule is O=C(Cn1cc(Cl)cn1)N1C[C@H](CO)C[C@H](CN2CCOCC2)C1. The monoisotopic (exact) mass is 356 g/mol. The Balaban J connectivity index is 1.58. The van der Waals surface area contributed by atoms with Crippen molar-refractivity contribution in [2.45, 2.75) is 13.0 Å². The van der Waals surface area contributed by atoms with Crippen LogP contribution in [0.1, 0.15) is 6.42 Å². The van der Waals surface area contributed by atoms with E-state index in [1.807, 2.05) is 4.90 Å². The first-order valence-corrected chi connectivity index (χ1v) is 8.88. The molecule has 7 nitrogen and oxygen atoms in total. The van der Waals surface area contributed by atoms with Crippen LogP contribution < -0.4 is 0 Å². The number of aliphatic hydroxyl groups is 1. The van der Waals surface area contributed by atoms with E-state index in [1.165, 1.54) is 6.20 Å². The van der Waals surface area contributed by atoms with Crippen LogP contribution in [-0.2, 0) is 16.1 Å². The van der Waals surface area contributed by atoms with Gasteiger partial charge in [0.2, 0.25) is 5.91 Å². The van der Waals surface area contributed by atoms with Crippen LogP contribution in [0.25, 0.3) is 0 Å². The zero-order valence-electron chi connectivity index (χ0n) is 13.8. The number of ether oxygens (including phenoxy) is 1. The summed E-state index contributed by atoms with van der Waals surface area (Å²) in [5.74, 6) is 0.564. The molecule has 1 aromatic heterocycles. The lowest BCUT2D eigenvalue weighted by Gasteiger charge is -2.40. The summed E-state index contributed by atoms with van der Waals surface area (Å²) >= 11 is 5.85. The van der Waals surface area contributed by atoms with Gasteiger partial charge in [0.25, 0.3) is 0 Å². The molecule has 8 heteroatoms. The van der Waals surface area contributed by atoms with E-state index in [1.54, 1.807) is 10.9 Å². The fourth-order valence-electron chi connectivity index (χ4n) is 3.60. The van der Waals surface area contributed by atoms with Crippen molar-refractivity contribution in [3.63, 3.8) is 0 Å². The highest BCUT2D eigenvalue weighted by Gasteiger charge is 2.31. The fraction of sp³-hybridized carbons (Fsp3) is 0.750. The number of hydrogen-bond acceptors (Lipinski definition) is 5. The summed E-state index contributed by atoms with van der Waals surface area (Å²) in [5.41, 5.74) is 0. The lowest BCUT2D eigenvalue weighted by atomic mass is 9.89. The van der Waals surface area contributed by atoms with Crippen LogP contribution in [0.2, 0.25) is 5.02 Å². The first-order chi connectivity index (χ1) is 11.6. The van der Waals surface area contributed by atoms with Crippen molar-refractivity contribution < 1.29 is 14.6 Å². The summed E-state index contributed by atoms with van der Waals surface area (Å²) in [6.07, 6.45) is 4.15. The molecule has 0 bridgehead atoms. The summed E-state index contributed by atoms with van der Waals surface area (Å²) in [5, 5.41) is 14.2. The third-order valence-electron chi connectivity index (χ3n) is 4.75. The van der Waals surface area contributed by atoms with Crippen molar-refractivity contribution in [3.05, 3.63) is 17.4 Å². The molecule has 3 heterocycles. The number of halogens is 1. The number of piperidine rings is 1. The van der Waals surface area contributed by atoms with Crippen molar-refractivity contribution in [3.8, 4) is 0 Å². The van der Waals surface area contributed by atoms with Crippen LogP contribution in [0, 0.1) is 11.8 Å². The van der Waals surface area contributed by atoms with Crippen molar-refractivity contribution in [1.29, 1.82) is 0 Å². The second-order valence-electron chi connectivity index (χ2n) is 6.72. The second kappa shape index (κ2) is 8.29. The molecule has 134 valence electrons. The number of carbonyl (C=O) groups is 1. The summed E-state index contributed by atoms with van der Waals surface area (Å²) in [4.78, 5) is 16.8. The van der Waals surface area contributed by atoms with Gasteiger partial charge in [-0.2, -0.15) is 5.10 Å². The largest absolute Gasteiger partial charge is 0.396 e. The van der Waals surface area contributed by atoms with Crippen LogP contribution in [0.15, 0.2) is 12.4 Å². The van der Waals surface area contributed by atoms with Gasteiger partial charge in [0, 0.05) is 45.5 Å². The van der Waals surface area contributed by atoms with Gasteiger partial charge in [-0.25, -0.2) is 0 Å². The third kappa shape index (κ3) is 4.69. The van der Waals surface area contributed by atoms with Gasteiger partial charge in [-0.15, -0.1) is 0 Å². The average molecular weight is 357 g/mol. The highest BCUT2D eigenvalue weighted by Crippen LogP contribution is 2.23. The lowest BCUT2D eigenvalue weighted by molar-refractivity contribution is -0.135. The third-order valence-corrected chi connectivity index (χ3v) is 4.95. The molecule has 2 fully saturated rings. The Morgan fingerprint density at radius 3 is 2.75 bits per heavy atom. The topological polar surface area (TPSA) is 70.8 Å². The van der Waals surface area contributed by atoms with Crippen molar-refractivity contribution in [2.75, 3.05) is 52.5 Å². The molecule has 0 unspecified atom stereocenters. The van der Waals surface area contributed by atoms with Crippen LogP contribution in [0.5, 0.6) is 0 Å². The number of hydrogen-bond donors (Lipinski definition) is 1. The number of amides is 1. The van der Waals surface area contributed by atoms with Gasteiger partial charge in [0.05, 0.1) is 24.4 Å². The first-order valence-electron chi connectivity index (χ1n) is 8.50. The molecule has 0 aromatic carbocycles. The Morgan fingerprint density at radius 2 is 2.08 bits per heavy atom. The molecular weight excluding hydrogens is 332 g/mol. The van der Waals surface area contributed by atoms with E-state index in [4.69, 9.17) is 16.3 Å². The molecule has 2 aliphatic heterocycles. The first kappa shape index (κ1) is 17.7. The van der Waals surface area contributed by atoms with E-state index >= 15 is 0 Å². The summed E-state index contributed by atoms with van der Waals surface area (Å²) in [6, 6.07) is 0.